The molecule has 1 aromatic heterocycles. The summed E-state index contributed by atoms with van der Waals surface area (Å²) in [6.45, 7) is 7.49. The molecule has 1 N–H and O–H groups in total. The summed E-state index contributed by atoms with van der Waals surface area (Å²) in [7, 11) is 0. The van der Waals surface area contributed by atoms with Gasteiger partial charge in [-0.3, -0.25) is 4.79 Å². The first-order chi connectivity index (χ1) is 11.4. The molecule has 0 atom stereocenters. The topological polar surface area (TPSA) is 68.4 Å². The van der Waals surface area contributed by atoms with E-state index in [1.165, 1.54) is 12.5 Å². The minimum Gasteiger partial charge on any atom is -0.490 e. The molecule has 1 heterocycles. The number of ketones is 1. The molecule has 0 saturated carbocycles. The molecule has 1 aromatic carbocycles. The molecule has 0 aliphatic carbocycles. The second-order valence-electron chi connectivity index (χ2n) is 5.67. The minimum absolute atomic E-state index is 0.0700. The van der Waals surface area contributed by atoms with Gasteiger partial charge in [0.25, 0.3) is 0 Å². The number of aromatic amines is 1. The normalized spacial score (nSPS) is 10.5. The van der Waals surface area contributed by atoms with Crippen molar-refractivity contribution in [3.8, 4) is 5.75 Å². The van der Waals surface area contributed by atoms with Crippen LogP contribution in [0.3, 0.4) is 0 Å². The molecule has 5 heteroatoms. The fourth-order valence-electron chi connectivity index (χ4n) is 2.70. The number of nitrogens with one attached hydrogen (secondary N) is 1. The lowest BCUT2D eigenvalue weighted by molar-refractivity contribution is 0.0443. The lowest BCUT2D eigenvalue weighted by atomic mass is 10.1. The van der Waals surface area contributed by atoms with Gasteiger partial charge in [-0.15, -0.1) is 0 Å². The van der Waals surface area contributed by atoms with Crippen molar-refractivity contribution in [1.82, 2.24) is 4.98 Å². The number of benzene rings is 1. The van der Waals surface area contributed by atoms with Crippen molar-refractivity contribution in [3.63, 3.8) is 0 Å². The molecule has 0 aliphatic heterocycles. The van der Waals surface area contributed by atoms with Gasteiger partial charge in [0.05, 0.1) is 0 Å². The Balaban J connectivity index is 1.90. The van der Waals surface area contributed by atoms with Crippen LogP contribution in [-0.2, 0) is 11.2 Å². The van der Waals surface area contributed by atoms with Gasteiger partial charge in [0.15, 0.2) is 5.78 Å². The molecule has 0 unspecified atom stereocenters. The van der Waals surface area contributed by atoms with Crippen LogP contribution in [0.2, 0.25) is 0 Å². The SMILES string of the molecule is CCc1cccc(OCCOC(=O)c2[nH]c(C)c(C(C)=O)c2C)c1. The zero-order valence-electron chi connectivity index (χ0n) is 14.6. The monoisotopic (exact) mass is 329 g/mol. The van der Waals surface area contributed by atoms with Gasteiger partial charge in [-0.1, -0.05) is 19.1 Å². The summed E-state index contributed by atoms with van der Waals surface area (Å²) in [4.78, 5) is 26.7. The number of ether oxygens (including phenoxy) is 2. The van der Waals surface area contributed by atoms with E-state index in [0.717, 1.165) is 12.2 Å². The molecule has 0 radical (unpaired) electrons. The van der Waals surface area contributed by atoms with Crippen LogP contribution < -0.4 is 4.74 Å². The molecular formula is C19H23NO4. The van der Waals surface area contributed by atoms with Gasteiger partial charge in [-0.2, -0.15) is 0 Å². The number of hydrogen-bond donors (Lipinski definition) is 1. The Hall–Kier alpha value is -2.56. The fraction of sp³-hybridized carbons (Fsp3) is 0.368. The highest BCUT2D eigenvalue weighted by atomic mass is 16.6. The minimum atomic E-state index is -0.478. The van der Waals surface area contributed by atoms with E-state index in [1.54, 1.807) is 13.8 Å². The third-order valence-electron chi connectivity index (χ3n) is 3.89. The van der Waals surface area contributed by atoms with Crippen molar-refractivity contribution < 1.29 is 19.1 Å². The first-order valence-corrected chi connectivity index (χ1v) is 8.03. The van der Waals surface area contributed by atoms with Crippen LogP contribution in [0.1, 0.15) is 51.5 Å². The van der Waals surface area contributed by atoms with Crippen molar-refractivity contribution in [1.29, 1.82) is 0 Å². The third-order valence-corrected chi connectivity index (χ3v) is 3.89. The van der Waals surface area contributed by atoms with Gasteiger partial charge in [-0.25, -0.2) is 4.79 Å². The summed E-state index contributed by atoms with van der Waals surface area (Å²) in [5.41, 5.74) is 3.38. The number of H-pyrrole nitrogens is 1. The predicted octanol–water partition coefficient (Wildman–Crippen LogP) is 3.63. The van der Waals surface area contributed by atoms with E-state index < -0.39 is 5.97 Å². The predicted molar refractivity (Wildman–Crippen MR) is 91.9 cm³/mol. The van der Waals surface area contributed by atoms with E-state index >= 15 is 0 Å². The highest BCUT2D eigenvalue weighted by Crippen LogP contribution is 2.19. The molecule has 0 aliphatic rings. The number of carbonyl (C=O) groups is 2. The van der Waals surface area contributed by atoms with Crippen LogP contribution >= 0.6 is 0 Å². The standard InChI is InChI=1S/C19H23NO4/c1-5-15-7-6-8-16(11-15)23-9-10-24-19(22)18-12(2)17(14(4)21)13(3)20-18/h6-8,11,20H,5,9-10H2,1-4H3. The number of esters is 1. The van der Waals surface area contributed by atoms with Crippen LogP contribution in [0.15, 0.2) is 24.3 Å². The van der Waals surface area contributed by atoms with Gasteiger partial charge in [0.1, 0.15) is 24.7 Å². The Kier molecular flexibility index (Phi) is 5.79. The van der Waals surface area contributed by atoms with Crippen molar-refractivity contribution >= 4 is 11.8 Å². The molecular weight excluding hydrogens is 306 g/mol. The summed E-state index contributed by atoms with van der Waals surface area (Å²) in [5, 5.41) is 0. The Morgan fingerprint density at radius 1 is 1.17 bits per heavy atom. The van der Waals surface area contributed by atoms with Gasteiger partial charge in [0.2, 0.25) is 0 Å². The molecule has 0 fully saturated rings. The summed E-state index contributed by atoms with van der Waals surface area (Å²) in [5.74, 6) is 0.213. The Morgan fingerprint density at radius 3 is 2.54 bits per heavy atom. The number of carbonyl (C=O) groups excluding carboxylic acids is 2. The molecule has 128 valence electrons. The second kappa shape index (κ2) is 7.81. The number of Topliss-reactive ketones (excluding diaryl/α,β-unsaturated/α-hetero) is 1. The van der Waals surface area contributed by atoms with Crippen LogP contribution in [0, 0.1) is 13.8 Å². The number of hydrogen-bond acceptors (Lipinski definition) is 4. The average Bonchev–Trinajstić information content (AvgIpc) is 2.86. The zero-order valence-corrected chi connectivity index (χ0v) is 14.6. The van der Waals surface area contributed by atoms with Gasteiger partial charge in [0, 0.05) is 11.3 Å². The highest BCUT2D eigenvalue weighted by molar-refractivity contribution is 6.01. The molecule has 24 heavy (non-hydrogen) atoms. The van der Waals surface area contributed by atoms with Crippen molar-refractivity contribution in [2.75, 3.05) is 13.2 Å². The summed E-state index contributed by atoms with van der Waals surface area (Å²) < 4.78 is 10.8. The van der Waals surface area contributed by atoms with Gasteiger partial charge >= 0.3 is 5.97 Å². The zero-order chi connectivity index (χ0) is 17.7. The molecule has 0 saturated heterocycles. The Morgan fingerprint density at radius 2 is 1.92 bits per heavy atom. The van der Waals surface area contributed by atoms with E-state index in [9.17, 15) is 9.59 Å². The highest BCUT2D eigenvalue weighted by Gasteiger charge is 2.20. The maximum absolute atomic E-state index is 12.1. The second-order valence-corrected chi connectivity index (χ2v) is 5.67. The molecule has 0 amide bonds. The average molecular weight is 329 g/mol. The number of rotatable bonds is 7. The van der Waals surface area contributed by atoms with Crippen molar-refractivity contribution in [2.45, 2.75) is 34.1 Å². The summed E-state index contributed by atoms with van der Waals surface area (Å²) in [6.07, 6.45) is 0.941. The van der Waals surface area contributed by atoms with Gasteiger partial charge in [-0.05, 0) is 50.5 Å². The summed E-state index contributed by atoms with van der Waals surface area (Å²) in [6, 6.07) is 7.82. The Labute approximate surface area is 142 Å². The number of aromatic nitrogens is 1. The largest absolute Gasteiger partial charge is 0.490 e. The van der Waals surface area contributed by atoms with Crippen LogP contribution in [0.5, 0.6) is 5.75 Å². The lowest BCUT2D eigenvalue weighted by Crippen LogP contribution is -2.13. The Bertz CT molecular complexity index is 746. The third kappa shape index (κ3) is 4.04. The maximum atomic E-state index is 12.1. The number of aryl methyl sites for hydroxylation is 2. The maximum Gasteiger partial charge on any atom is 0.355 e. The molecule has 2 aromatic rings. The van der Waals surface area contributed by atoms with Crippen LogP contribution in [0.4, 0.5) is 0 Å². The van der Waals surface area contributed by atoms with Gasteiger partial charge < -0.3 is 14.5 Å². The first-order valence-electron chi connectivity index (χ1n) is 8.03. The molecule has 0 spiro atoms. The van der Waals surface area contributed by atoms with E-state index in [2.05, 4.69) is 11.9 Å². The van der Waals surface area contributed by atoms with E-state index in [1.807, 2.05) is 24.3 Å². The van der Waals surface area contributed by atoms with E-state index in [4.69, 9.17) is 9.47 Å². The van der Waals surface area contributed by atoms with E-state index in [0.29, 0.717) is 22.5 Å². The quantitative estimate of drug-likeness (QED) is 0.478. The van der Waals surface area contributed by atoms with Crippen molar-refractivity contribution in [2.24, 2.45) is 0 Å². The van der Waals surface area contributed by atoms with Crippen LogP contribution in [0.25, 0.3) is 0 Å². The van der Waals surface area contributed by atoms with Crippen LogP contribution in [-0.4, -0.2) is 30.0 Å². The smallest absolute Gasteiger partial charge is 0.355 e. The first kappa shape index (κ1) is 17.8. The fourth-order valence-corrected chi connectivity index (χ4v) is 2.70. The van der Waals surface area contributed by atoms with Crippen molar-refractivity contribution in [3.05, 3.63) is 52.3 Å². The lowest BCUT2D eigenvalue weighted by Gasteiger charge is -2.08. The molecule has 2 rings (SSSR count). The van der Waals surface area contributed by atoms with E-state index in [-0.39, 0.29) is 19.0 Å². The molecule has 5 nitrogen and oxygen atoms in total. The summed E-state index contributed by atoms with van der Waals surface area (Å²) >= 11 is 0. The molecule has 0 bridgehead atoms.